The molecule has 0 aliphatic heterocycles. The molecule has 108 valence electrons. The second-order valence-corrected chi connectivity index (χ2v) is 8.95. The summed E-state index contributed by atoms with van der Waals surface area (Å²) in [5, 5.41) is 0. The maximum absolute atomic E-state index is 12.4. The Bertz CT molecular complexity index is 556. The highest BCUT2D eigenvalue weighted by molar-refractivity contribution is 7.91. The van der Waals surface area contributed by atoms with Crippen LogP contribution in [-0.2, 0) is 10.0 Å². The van der Waals surface area contributed by atoms with Crippen LogP contribution in [0.2, 0.25) is 4.47 Å². The normalized spacial score (nSPS) is 28.5. The second kappa shape index (κ2) is 5.68. The van der Waals surface area contributed by atoms with Crippen molar-refractivity contribution in [3.63, 3.8) is 0 Å². The number of nitrogens with zero attached hydrogens (tertiary/aromatic N) is 1. The molecule has 3 unspecified atom stereocenters. The molecule has 7 heteroatoms. The van der Waals surface area contributed by atoms with Gasteiger partial charge in [-0.1, -0.05) is 36.8 Å². The van der Waals surface area contributed by atoms with Gasteiger partial charge in [0.2, 0.25) is 0 Å². The van der Waals surface area contributed by atoms with Crippen molar-refractivity contribution in [2.75, 3.05) is 0 Å². The molecule has 3 atom stereocenters. The summed E-state index contributed by atoms with van der Waals surface area (Å²) in [7, 11) is -3.50. The molecular formula is C12H19ClN2O2S2. The Balaban J connectivity index is 2.16. The molecule has 0 spiro atoms. The highest BCUT2D eigenvalue weighted by Gasteiger charge is 2.31. The van der Waals surface area contributed by atoms with E-state index in [9.17, 15) is 8.42 Å². The van der Waals surface area contributed by atoms with Gasteiger partial charge in [0.05, 0.1) is 5.69 Å². The first kappa shape index (κ1) is 15.2. The number of nitrogens with one attached hydrogen (secondary N) is 1. The van der Waals surface area contributed by atoms with Crippen LogP contribution in [0.1, 0.15) is 38.8 Å². The predicted octanol–water partition coefficient (Wildman–Crippen LogP) is 3.21. The average molecular weight is 323 g/mol. The van der Waals surface area contributed by atoms with Gasteiger partial charge >= 0.3 is 0 Å². The van der Waals surface area contributed by atoms with Crippen molar-refractivity contribution in [3.05, 3.63) is 10.2 Å². The Labute approximate surface area is 123 Å². The van der Waals surface area contributed by atoms with Gasteiger partial charge in [0.25, 0.3) is 10.0 Å². The van der Waals surface area contributed by atoms with Crippen molar-refractivity contribution in [2.24, 2.45) is 11.8 Å². The fourth-order valence-corrected chi connectivity index (χ4v) is 5.83. The lowest BCUT2D eigenvalue weighted by Gasteiger charge is -2.32. The SMILES string of the molecule is Cc1nc(Cl)sc1S(=O)(=O)NC1CCC(C)CC1C. The van der Waals surface area contributed by atoms with Gasteiger partial charge in [-0.2, -0.15) is 0 Å². The molecule has 0 radical (unpaired) electrons. The van der Waals surface area contributed by atoms with Crippen LogP contribution in [0, 0.1) is 18.8 Å². The number of aryl methyl sites for hydroxylation is 1. The molecule has 1 aliphatic carbocycles. The Hall–Kier alpha value is -0.170. The van der Waals surface area contributed by atoms with Crippen LogP contribution in [0.15, 0.2) is 4.21 Å². The number of hydrogen-bond acceptors (Lipinski definition) is 4. The van der Waals surface area contributed by atoms with E-state index in [0.29, 0.717) is 17.5 Å². The minimum absolute atomic E-state index is 0.0153. The van der Waals surface area contributed by atoms with E-state index in [1.807, 2.05) is 0 Å². The molecule has 4 nitrogen and oxygen atoms in total. The summed E-state index contributed by atoms with van der Waals surface area (Å²) in [4.78, 5) is 3.97. The van der Waals surface area contributed by atoms with E-state index in [0.717, 1.165) is 30.6 Å². The quantitative estimate of drug-likeness (QED) is 0.929. The van der Waals surface area contributed by atoms with Crippen LogP contribution in [-0.4, -0.2) is 19.4 Å². The van der Waals surface area contributed by atoms with E-state index >= 15 is 0 Å². The number of hydrogen-bond donors (Lipinski definition) is 1. The Morgan fingerprint density at radius 3 is 2.58 bits per heavy atom. The molecule has 19 heavy (non-hydrogen) atoms. The van der Waals surface area contributed by atoms with Crippen molar-refractivity contribution in [2.45, 2.75) is 50.3 Å². The summed E-state index contributed by atoms with van der Waals surface area (Å²) >= 11 is 6.79. The third-order valence-corrected chi connectivity index (χ3v) is 7.07. The lowest BCUT2D eigenvalue weighted by Crippen LogP contribution is -2.42. The summed E-state index contributed by atoms with van der Waals surface area (Å²) in [5.41, 5.74) is 0.472. The van der Waals surface area contributed by atoms with Crippen LogP contribution < -0.4 is 4.72 Å². The Morgan fingerprint density at radius 1 is 1.37 bits per heavy atom. The molecule has 1 saturated carbocycles. The van der Waals surface area contributed by atoms with E-state index < -0.39 is 10.0 Å². The van der Waals surface area contributed by atoms with Crippen LogP contribution in [0.3, 0.4) is 0 Å². The van der Waals surface area contributed by atoms with E-state index in [1.54, 1.807) is 6.92 Å². The minimum Gasteiger partial charge on any atom is -0.229 e. The summed E-state index contributed by atoms with van der Waals surface area (Å²) in [6, 6.07) is 0.0153. The smallest absolute Gasteiger partial charge is 0.229 e. The number of thiazole rings is 1. The van der Waals surface area contributed by atoms with E-state index in [1.165, 1.54) is 0 Å². The van der Waals surface area contributed by atoms with Gasteiger partial charge in [0.15, 0.2) is 8.68 Å². The van der Waals surface area contributed by atoms with Crippen molar-refractivity contribution in [3.8, 4) is 0 Å². The number of rotatable bonds is 3. The standard InChI is InChI=1S/C12H19ClN2O2S2/c1-7-4-5-10(8(2)6-7)15-19(16,17)11-9(3)14-12(13)18-11/h7-8,10,15H,4-6H2,1-3H3. The molecule has 1 heterocycles. The van der Waals surface area contributed by atoms with Gasteiger partial charge in [0.1, 0.15) is 0 Å². The summed E-state index contributed by atoms with van der Waals surface area (Å²) < 4.78 is 28.1. The van der Waals surface area contributed by atoms with Gasteiger partial charge in [-0.25, -0.2) is 18.1 Å². The zero-order valence-corrected chi connectivity index (χ0v) is 13.7. The summed E-state index contributed by atoms with van der Waals surface area (Å²) in [6.07, 6.45) is 3.03. The van der Waals surface area contributed by atoms with Crippen molar-refractivity contribution in [1.29, 1.82) is 0 Å². The summed E-state index contributed by atoms with van der Waals surface area (Å²) in [5.74, 6) is 1.04. The van der Waals surface area contributed by atoms with Crippen molar-refractivity contribution >= 4 is 33.0 Å². The van der Waals surface area contributed by atoms with Crippen molar-refractivity contribution < 1.29 is 8.42 Å². The third-order valence-electron chi connectivity index (χ3n) is 3.71. The number of aromatic nitrogens is 1. The van der Waals surface area contributed by atoms with Gasteiger partial charge in [0, 0.05) is 6.04 Å². The van der Waals surface area contributed by atoms with Gasteiger partial charge in [-0.15, -0.1) is 0 Å². The fourth-order valence-electron chi connectivity index (χ4n) is 2.69. The first-order valence-corrected chi connectivity index (χ1v) is 9.12. The molecule has 1 fully saturated rings. The first-order valence-electron chi connectivity index (χ1n) is 6.45. The Morgan fingerprint density at radius 2 is 2.05 bits per heavy atom. The molecule has 1 N–H and O–H groups in total. The van der Waals surface area contributed by atoms with Crippen molar-refractivity contribution in [1.82, 2.24) is 9.71 Å². The minimum atomic E-state index is -3.50. The zero-order chi connectivity index (χ0) is 14.2. The van der Waals surface area contributed by atoms with Gasteiger partial charge in [-0.05, 0) is 38.0 Å². The van der Waals surface area contributed by atoms with E-state index in [2.05, 4.69) is 23.6 Å². The van der Waals surface area contributed by atoms with E-state index in [4.69, 9.17) is 11.6 Å². The van der Waals surface area contributed by atoms with Crippen LogP contribution in [0.25, 0.3) is 0 Å². The molecule has 1 aliphatic rings. The molecule has 2 rings (SSSR count). The molecule has 1 aromatic heterocycles. The number of halogens is 1. The predicted molar refractivity (Wildman–Crippen MR) is 78.1 cm³/mol. The summed E-state index contributed by atoms with van der Waals surface area (Å²) in [6.45, 7) is 5.99. The molecule has 0 aromatic carbocycles. The molecule has 0 saturated heterocycles. The average Bonchev–Trinajstić information content (AvgIpc) is 2.63. The lowest BCUT2D eigenvalue weighted by molar-refractivity contribution is 0.249. The molecule has 1 aromatic rings. The monoisotopic (exact) mass is 322 g/mol. The maximum atomic E-state index is 12.4. The Kier molecular flexibility index (Phi) is 4.55. The van der Waals surface area contributed by atoms with Gasteiger partial charge in [-0.3, -0.25) is 0 Å². The molecule has 0 amide bonds. The molecule has 0 bridgehead atoms. The topological polar surface area (TPSA) is 59.1 Å². The largest absolute Gasteiger partial charge is 0.252 e. The van der Waals surface area contributed by atoms with E-state index in [-0.39, 0.29) is 14.7 Å². The molecular weight excluding hydrogens is 304 g/mol. The van der Waals surface area contributed by atoms with Crippen LogP contribution in [0.4, 0.5) is 0 Å². The number of sulfonamides is 1. The first-order chi connectivity index (χ1) is 8.79. The highest BCUT2D eigenvalue weighted by Crippen LogP contribution is 2.31. The van der Waals surface area contributed by atoms with Gasteiger partial charge < -0.3 is 0 Å². The van der Waals surface area contributed by atoms with Crippen LogP contribution >= 0.6 is 22.9 Å². The lowest BCUT2D eigenvalue weighted by atomic mass is 9.80. The zero-order valence-electron chi connectivity index (χ0n) is 11.3. The maximum Gasteiger partial charge on any atom is 0.252 e. The second-order valence-electron chi connectivity index (χ2n) is 5.46. The highest BCUT2D eigenvalue weighted by atomic mass is 35.5. The fraction of sp³-hybridized carbons (Fsp3) is 0.750. The third kappa shape index (κ3) is 3.48. The van der Waals surface area contributed by atoms with Crippen LogP contribution in [0.5, 0.6) is 0 Å².